The summed E-state index contributed by atoms with van der Waals surface area (Å²) >= 11 is 0. The SMILES string of the molecule is CN(C)CCNCCN1CCC(C(F)(F)F)CC1. The second kappa shape index (κ2) is 7.31. The molecule has 1 N–H and O–H groups in total. The number of piperidine rings is 1. The maximum atomic E-state index is 12.5. The molecule has 1 heterocycles. The molecular weight excluding hydrogens is 243 g/mol. The summed E-state index contributed by atoms with van der Waals surface area (Å²) in [5.41, 5.74) is 0. The first kappa shape index (κ1) is 15.7. The van der Waals surface area contributed by atoms with E-state index in [-0.39, 0.29) is 12.8 Å². The average Bonchev–Trinajstić information content (AvgIpc) is 2.27. The van der Waals surface area contributed by atoms with Gasteiger partial charge in [-0.3, -0.25) is 0 Å². The van der Waals surface area contributed by atoms with Gasteiger partial charge in [-0.2, -0.15) is 13.2 Å². The Morgan fingerprint density at radius 2 is 1.78 bits per heavy atom. The Hall–Kier alpha value is -0.330. The molecule has 0 aromatic rings. The van der Waals surface area contributed by atoms with Crippen LogP contribution < -0.4 is 5.32 Å². The molecule has 0 spiro atoms. The van der Waals surface area contributed by atoms with E-state index in [9.17, 15) is 13.2 Å². The summed E-state index contributed by atoms with van der Waals surface area (Å²) in [4.78, 5) is 4.22. The number of alkyl halides is 3. The van der Waals surface area contributed by atoms with Gasteiger partial charge in [-0.05, 0) is 40.0 Å². The molecule has 6 heteroatoms. The Balaban J connectivity index is 2.06. The minimum absolute atomic E-state index is 0.251. The smallest absolute Gasteiger partial charge is 0.314 e. The normalized spacial score (nSPS) is 19.7. The Morgan fingerprint density at radius 1 is 1.17 bits per heavy atom. The van der Waals surface area contributed by atoms with E-state index in [1.165, 1.54) is 0 Å². The minimum atomic E-state index is -4.00. The average molecular weight is 267 g/mol. The van der Waals surface area contributed by atoms with Crippen LogP contribution in [0.15, 0.2) is 0 Å². The van der Waals surface area contributed by atoms with Gasteiger partial charge in [0.15, 0.2) is 0 Å². The highest BCUT2D eigenvalue weighted by molar-refractivity contribution is 4.77. The third-order valence-corrected chi connectivity index (χ3v) is 3.39. The van der Waals surface area contributed by atoms with Crippen LogP contribution in [0.2, 0.25) is 0 Å². The lowest BCUT2D eigenvalue weighted by Gasteiger charge is -2.32. The fraction of sp³-hybridized carbons (Fsp3) is 1.00. The molecule has 1 aliphatic heterocycles. The van der Waals surface area contributed by atoms with Gasteiger partial charge in [0.2, 0.25) is 0 Å². The molecule has 3 nitrogen and oxygen atoms in total. The molecule has 0 radical (unpaired) electrons. The molecule has 18 heavy (non-hydrogen) atoms. The quantitative estimate of drug-likeness (QED) is 0.734. The Labute approximate surface area is 107 Å². The third-order valence-electron chi connectivity index (χ3n) is 3.39. The van der Waals surface area contributed by atoms with Crippen LogP contribution in [0.4, 0.5) is 13.2 Å². The Kier molecular flexibility index (Phi) is 6.38. The van der Waals surface area contributed by atoms with Crippen LogP contribution in [0.1, 0.15) is 12.8 Å². The van der Waals surface area contributed by atoms with Crippen molar-refractivity contribution in [1.82, 2.24) is 15.1 Å². The fourth-order valence-electron chi connectivity index (χ4n) is 2.15. The van der Waals surface area contributed by atoms with Gasteiger partial charge < -0.3 is 15.1 Å². The van der Waals surface area contributed by atoms with E-state index in [0.717, 1.165) is 26.2 Å². The van der Waals surface area contributed by atoms with Crippen molar-refractivity contribution in [2.75, 3.05) is 53.4 Å². The number of hydrogen-bond donors (Lipinski definition) is 1. The molecule has 1 saturated heterocycles. The van der Waals surface area contributed by atoms with Gasteiger partial charge in [-0.25, -0.2) is 0 Å². The molecule has 1 aliphatic rings. The molecule has 0 saturated carbocycles. The Bertz CT molecular complexity index is 223. The van der Waals surface area contributed by atoms with E-state index in [0.29, 0.717) is 13.1 Å². The summed E-state index contributed by atoms with van der Waals surface area (Å²) in [6.45, 7) is 4.74. The zero-order chi connectivity index (χ0) is 13.6. The highest BCUT2D eigenvalue weighted by atomic mass is 19.4. The topological polar surface area (TPSA) is 18.5 Å². The number of likely N-dealkylation sites (tertiary alicyclic amines) is 1. The molecule has 108 valence electrons. The molecule has 0 bridgehead atoms. The largest absolute Gasteiger partial charge is 0.391 e. The summed E-state index contributed by atoms with van der Waals surface area (Å²) < 4.78 is 37.4. The first-order chi connectivity index (χ1) is 8.39. The van der Waals surface area contributed by atoms with Crippen molar-refractivity contribution in [2.24, 2.45) is 5.92 Å². The molecule has 0 amide bonds. The number of nitrogens with one attached hydrogen (secondary N) is 1. The standard InChI is InChI=1S/C12H24F3N3/c1-17(2)9-5-16-6-10-18-7-3-11(4-8-18)12(13,14)15/h11,16H,3-10H2,1-2H3. The van der Waals surface area contributed by atoms with Crippen LogP contribution in [-0.4, -0.2) is 69.3 Å². The molecule has 1 fully saturated rings. The molecule has 0 aliphatic carbocycles. The first-order valence-electron chi connectivity index (χ1n) is 6.54. The van der Waals surface area contributed by atoms with Gasteiger partial charge in [0.1, 0.15) is 0 Å². The van der Waals surface area contributed by atoms with Crippen LogP contribution in [0.5, 0.6) is 0 Å². The van der Waals surface area contributed by atoms with Crippen LogP contribution in [-0.2, 0) is 0 Å². The molecule has 0 unspecified atom stereocenters. The fourth-order valence-corrected chi connectivity index (χ4v) is 2.15. The maximum absolute atomic E-state index is 12.5. The van der Waals surface area contributed by atoms with Crippen molar-refractivity contribution < 1.29 is 13.2 Å². The molecule has 1 rings (SSSR count). The predicted octanol–water partition coefficient (Wildman–Crippen LogP) is 1.41. The van der Waals surface area contributed by atoms with E-state index in [1.54, 1.807) is 0 Å². The van der Waals surface area contributed by atoms with Crippen molar-refractivity contribution >= 4 is 0 Å². The van der Waals surface area contributed by atoms with Gasteiger partial charge in [-0.15, -0.1) is 0 Å². The van der Waals surface area contributed by atoms with E-state index < -0.39 is 12.1 Å². The van der Waals surface area contributed by atoms with Crippen LogP contribution >= 0.6 is 0 Å². The molecule has 0 aromatic heterocycles. The second-order valence-corrected chi connectivity index (χ2v) is 5.21. The number of likely N-dealkylation sites (N-methyl/N-ethyl adjacent to an activating group) is 1. The second-order valence-electron chi connectivity index (χ2n) is 5.21. The van der Waals surface area contributed by atoms with Gasteiger partial charge in [0, 0.05) is 26.2 Å². The van der Waals surface area contributed by atoms with Crippen molar-refractivity contribution in [3.8, 4) is 0 Å². The monoisotopic (exact) mass is 267 g/mol. The van der Waals surface area contributed by atoms with Gasteiger partial charge in [0.05, 0.1) is 5.92 Å². The lowest BCUT2D eigenvalue weighted by atomic mass is 9.96. The molecule has 0 atom stereocenters. The summed E-state index contributed by atoms with van der Waals surface area (Å²) in [5, 5.41) is 3.30. The summed E-state index contributed by atoms with van der Waals surface area (Å²) in [5.74, 6) is -1.09. The zero-order valence-corrected chi connectivity index (χ0v) is 11.3. The van der Waals surface area contributed by atoms with Gasteiger partial charge >= 0.3 is 6.18 Å². The van der Waals surface area contributed by atoms with Gasteiger partial charge in [-0.1, -0.05) is 0 Å². The number of hydrogen-bond acceptors (Lipinski definition) is 3. The number of rotatable bonds is 6. The Morgan fingerprint density at radius 3 is 2.28 bits per heavy atom. The van der Waals surface area contributed by atoms with Gasteiger partial charge in [0.25, 0.3) is 0 Å². The van der Waals surface area contributed by atoms with E-state index in [4.69, 9.17) is 0 Å². The summed E-state index contributed by atoms with van der Waals surface area (Å²) in [6.07, 6.45) is -3.50. The van der Waals surface area contributed by atoms with Crippen molar-refractivity contribution in [3.05, 3.63) is 0 Å². The number of halogens is 3. The van der Waals surface area contributed by atoms with Crippen molar-refractivity contribution in [2.45, 2.75) is 19.0 Å². The van der Waals surface area contributed by atoms with Crippen LogP contribution in [0.25, 0.3) is 0 Å². The lowest BCUT2D eigenvalue weighted by Crippen LogP contribution is -2.42. The van der Waals surface area contributed by atoms with E-state index >= 15 is 0 Å². The maximum Gasteiger partial charge on any atom is 0.391 e. The van der Waals surface area contributed by atoms with Crippen LogP contribution in [0.3, 0.4) is 0 Å². The molecule has 0 aromatic carbocycles. The highest BCUT2D eigenvalue weighted by Crippen LogP contribution is 2.33. The predicted molar refractivity (Wildman–Crippen MR) is 66.6 cm³/mol. The summed E-state index contributed by atoms with van der Waals surface area (Å²) in [6, 6.07) is 0. The number of nitrogens with zero attached hydrogens (tertiary/aromatic N) is 2. The van der Waals surface area contributed by atoms with Crippen molar-refractivity contribution in [3.63, 3.8) is 0 Å². The van der Waals surface area contributed by atoms with E-state index in [1.807, 2.05) is 14.1 Å². The van der Waals surface area contributed by atoms with Crippen LogP contribution in [0, 0.1) is 5.92 Å². The van der Waals surface area contributed by atoms with Crippen molar-refractivity contribution in [1.29, 1.82) is 0 Å². The minimum Gasteiger partial charge on any atom is -0.314 e. The third kappa shape index (κ3) is 6.02. The summed E-state index contributed by atoms with van der Waals surface area (Å²) in [7, 11) is 4.03. The highest BCUT2D eigenvalue weighted by Gasteiger charge is 2.40. The lowest BCUT2D eigenvalue weighted by molar-refractivity contribution is -0.184. The molecular formula is C12H24F3N3. The first-order valence-corrected chi connectivity index (χ1v) is 6.54. The van der Waals surface area contributed by atoms with E-state index in [2.05, 4.69) is 15.1 Å². The zero-order valence-electron chi connectivity index (χ0n) is 11.3.